The maximum Gasteiger partial charge on any atom is 0.286 e. The van der Waals surface area contributed by atoms with Gasteiger partial charge in [0.25, 0.3) is 5.91 Å². The van der Waals surface area contributed by atoms with Crippen molar-refractivity contribution in [1.82, 2.24) is 15.1 Å². The molecule has 4 rings (SSSR count). The molecule has 0 radical (unpaired) electrons. The summed E-state index contributed by atoms with van der Waals surface area (Å²) in [6.45, 7) is 2.80. The second-order valence-electron chi connectivity index (χ2n) is 7.17. The average Bonchev–Trinajstić information content (AvgIpc) is 3.35. The van der Waals surface area contributed by atoms with E-state index in [1.807, 2.05) is 24.3 Å². The van der Waals surface area contributed by atoms with E-state index in [0.717, 1.165) is 30.0 Å². The van der Waals surface area contributed by atoms with Crippen molar-refractivity contribution < 1.29 is 4.79 Å². The quantitative estimate of drug-likeness (QED) is 0.672. The van der Waals surface area contributed by atoms with E-state index in [1.165, 1.54) is 28.0 Å². The first-order valence-corrected chi connectivity index (χ1v) is 10.5. The number of nitrogens with zero attached hydrogens (tertiary/aromatic N) is 3. The minimum Gasteiger partial charge on any atom is -0.320 e. The van der Waals surface area contributed by atoms with E-state index in [1.54, 1.807) is 0 Å². The summed E-state index contributed by atoms with van der Waals surface area (Å²) in [5, 5.41) is 12.5. The van der Waals surface area contributed by atoms with Gasteiger partial charge in [0.1, 0.15) is 5.01 Å². The minimum absolute atomic E-state index is 0.207. The molecule has 1 aromatic heterocycles. The molecule has 6 heteroatoms. The maximum atomic E-state index is 12.5. The molecule has 1 atom stereocenters. The number of nitrogens with one attached hydrogen (secondary N) is 1. The van der Waals surface area contributed by atoms with E-state index in [4.69, 9.17) is 0 Å². The van der Waals surface area contributed by atoms with Crippen molar-refractivity contribution in [1.29, 1.82) is 0 Å². The lowest BCUT2D eigenvalue weighted by Crippen LogP contribution is -2.22. The number of anilines is 1. The molecule has 3 aromatic rings. The van der Waals surface area contributed by atoms with Crippen LogP contribution in [0.5, 0.6) is 0 Å². The minimum atomic E-state index is -0.207. The van der Waals surface area contributed by atoms with Crippen LogP contribution < -0.4 is 5.32 Å². The number of benzene rings is 2. The number of hydrogen-bond donors (Lipinski definition) is 1. The van der Waals surface area contributed by atoms with Gasteiger partial charge < -0.3 is 5.32 Å². The Labute approximate surface area is 169 Å². The highest BCUT2D eigenvalue weighted by Gasteiger charge is 2.26. The molecular weight excluding hydrogens is 368 g/mol. The maximum absolute atomic E-state index is 12.5. The van der Waals surface area contributed by atoms with Crippen LogP contribution in [0, 0.1) is 0 Å². The monoisotopic (exact) mass is 392 g/mol. The van der Waals surface area contributed by atoms with Crippen LogP contribution in [0.1, 0.15) is 50.9 Å². The van der Waals surface area contributed by atoms with Gasteiger partial charge in [0.2, 0.25) is 5.01 Å². The van der Waals surface area contributed by atoms with Crippen LogP contribution in [-0.2, 0) is 19.4 Å². The van der Waals surface area contributed by atoms with Crippen molar-refractivity contribution in [3.8, 4) is 0 Å². The number of fused-ring (bicyclic) bond motifs is 1. The van der Waals surface area contributed by atoms with E-state index in [2.05, 4.69) is 58.7 Å². The summed E-state index contributed by atoms with van der Waals surface area (Å²) in [4.78, 5) is 14.8. The highest BCUT2D eigenvalue weighted by Crippen LogP contribution is 2.35. The Morgan fingerprint density at radius 2 is 1.96 bits per heavy atom. The van der Waals surface area contributed by atoms with E-state index in [9.17, 15) is 4.79 Å². The Bertz CT molecular complexity index is 967. The van der Waals surface area contributed by atoms with Crippen molar-refractivity contribution in [2.45, 2.75) is 38.8 Å². The lowest BCUT2D eigenvalue weighted by Gasteiger charge is -2.23. The lowest BCUT2D eigenvalue weighted by atomic mass is 10.1. The van der Waals surface area contributed by atoms with Crippen molar-refractivity contribution >= 4 is 22.9 Å². The molecule has 0 saturated heterocycles. The van der Waals surface area contributed by atoms with Crippen LogP contribution in [0.3, 0.4) is 0 Å². The Kier molecular flexibility index (Phi) is 5.50. The zero-order chi connectivity index (χ0) is 19.5. The SMILES string of the molecule is CCc1ccc(NC(=O)c2nnc(CN(C)C3CCc4ccccc43)s2)cc1. The Hall–Kier alpha value is -2.57. The van der Waals surface area contributed by atoms with Crippen LogP contribution in [0.15, 0.2) is 48.5 Å². The molecule has 28 heavy (non-hydrogen) atoms. The van der Waals surface area contributed by atoms with Gasteiger partial charge in [0, 0.05) is 11.7 Å². The van der Waals surface area contributed by atoms with Gasteiger partial charge in [-0.3, -0.25) is 9.69 Å². The second kappa shape index (κ2) is 8.20. The molecule has 0 spiro atoms. The van der Waals surface area contributed by atoms with Crippen molar-refractivity contribution in [3.63, 3.8) is 0 Å². The molecule has 1 unspecified atom stereocenters. The van der Waals surface area contributed by atoms with Gasteiger partial charge in [-0.2, -0.15) is 0 Å². The molecule has 2 aromatic carbocycles. The topological polar surface area (TPSA) is 58.1 Å². The van der Waals surface area contributed by atoms with E-state index in [-0.39, 0.29) is 5.91 Å². The lowest BCUT2D eigenvalue weighted by molar-refractivity contribution is 0.102. The fraction of sp³-hybridized carbons (Fsp3) is 0.318. The highest BCUT2D eigenvalue weighted by molar-refractivity contribution is 7.13. The number of aromatic nitrogens is 2. The Morgan fingerprint density at radius 3 is 2.75 bits per heavy atom. The first-order valence-electron chi connectivity index (χ1n) is 9.64. The van der Waals surface area contributed by atoms with Crippen LogP contribution in [0.25, 0.3) is 0 Å². The summed E-state index contributed by atoms with van der Waals surface area (Å²) < 4.78 is 0. The third kappa shape index (κ3) is 3.98. The normalized spacial score (nSPS) is 15.6. The Morgan fingerprint density at radius 1 is 1.18 bits per heavy atom. The fourth-order valence-electron chi connectivity index (χ4n) is 3.73. The van der Waals surface area contributed by atoms with Gasteiger partial charge >= 0.3 is 0 Å². The number of amides is 1. The van der Waals surface area contributed by atoms with Crippen LogP contribution in [0.2, 0.25) is 0 Å². The average molecular weight is 393 g/mol. The number of hydrogen-bond acceptors (Lipinski definition) is 5. The summed E-state index contributed by atoms with van der Waals surface area (Å²) in [6, 6.07) is 16.9. The molecular formula is C22H24N4OS. The van der Waals surface area contributed by atoms with Gasteiger partial charge in [-0.05, 0) is 55.1 Å². The van der Waals surface area contributed by atoms with Gasteiger partial charge in [0.15, 0.2) is 0 Å². The molecule has 0 bridgehead atoms. The molecule has 1 aliphatic carbocycles. The van der Waals surface area contributed by atoms with Crippen molar-refractivity contribution in [2.75, 3.05) is 12.4 Å². The molecule has 1 aliphatic rings. The molecule has 0 aliphatic heterocycles. The summed E-state index contributed by atoms with van der Waals surface area (Å²) in [7, 11) is 2.11. The number of carbonyl (C=O) groups is 1. The van der Waals surface area contributed by atoms with Gasteiger partial charge in [-0.1, -0.05) is 54.7 Å². The fourth-order valence-corrected chi connectivity index (χ4v) is 4.53. The first-order chi connectivity index (χ1) is 13.6. The summed E-state index contributed by atoms with van der Waals surface area (Å²) >= 11 is 1.36. The van der Waals surface area contributed by atoms with Gasteiger partial charge in [-0.25, -0.2) is 0 Å². The van der Waals surface area contributed by atoms with E-state index < -0.39 is 0 Å². The van der Waals surface area contributed by atoms with Crippen molar-refractivity contribution in [3.05, 3.63) is 75.2 Å². The molecule has 1 heterocycles. The Balaban J connectivity index is 1.39. The predicted molar refractivity (Wildman–Crippen MR) is 113 cm³/mol. The summed E-state index contributed by atoms with van der Waals surface area (Å²) in [6.07, 6.45) is 3.22. The highest BCUT2D eigenvalue weighted by atomic mass is 32.1. The summed E-state index contributed by atoms with van der Waals surface area (Å²) in [5.74, 6) is -0.207. The molecule has 0 fully saturated rings. The number of aryl methyl sites for hydroxylation is 2. The number of rotatable bonds is 6. The van der Waals surface area contributed by atoms with Gasteiger partial charge in [0.05, 0.1) is 6.54 Å². The third-order valence-electron chi connectivity index (χ3n) is 5.30. The van der Waals surface area contributed by atoms with Crippen LogP contribution in [-0.4, -0.2) is 28.1 Å². The standard InChI is InChI=1S/C22H24N4OS/c1-3-15-8-11-17(12-9-15)23-21(27)22-25-24-20(28-22)14-26(2)19-13-10-16-6-4-5-7-18(16)19/h4-9,11-12,19H,3,10,13-14H2,1-2H3,(H,23,27). The predicted octanol–water partition coefficient (Wildman–Crippen LogP) is 4.47. The van der Waals surface area contributed by atoms with Crippen LogP contribution in [0.4, 0.5) is 5.69 Å². The number of carbonyl (C=O) groups excluding carboxylic acids is 1. The van der Waals surface area contributed by atoms with Gasteiger partial charge in [-0.15, -0.1) is 10.2 Å². The van der Waals surface area contributed by atoms with Crippen LogP contribution >= 0.6 is 11.3 Å². The molecule has 0 saturated carbocycles. The van der Waals surface area contributed by atoms with E-state index >= 15 is 0 Å². The third-order valence-corrected chi connectivity index (χ3v) is 6.21. The molecule has 144 valence electrons. The second-order valence-corrected chi connectivity index (χ2v) is 8.24. The van der Waals surface area contributed by atoms with Crippen molar-refractivity contribution in [2.24, 2.45) is 0 Å². The molecule has 1 amide bonds. The largest absolute Gasteiger partial charge is 0.320 e. The molecule has 5 nitrogen and oxygen atoms in total. The summed E-state index contributed by atoms with van der Waals surface area (Å²) in [5.41, 5.74) is 4.86. The zero-order valence-corrected chi connectivity index (χ0v) is 17.0. The first kappa shape index (κ1) is 18.8. The van der Waals surface area contributed by atoms with E-state index in [0.29, 0.717) is 17.6 Å². The zero-order valence-electron chi connectivity index (χ0n) is 16.2. The molecule has 1 N–H and O–H groups in total. The smallest absolute Gasteiger partial charge is 0.286 e.